The largest absolute Gasteiger partial charge is 0.496 e. The highest BCUT2D eigenvalue weighted by Gasteiger charge is 2.13. The Hall–Kier alpha value is -1.55. The van der Waals surface area contributed by atoms with Gasteiger partial charge in [0.15, 0.2) is 0 Å². The number of hydrogen-bond donors (Lipinski definition) is 2. The zero-order chi connectivity index (χ0) is 14.3. The number of carbonyl (C=O) groups excluding carboxylic acids is 1. The standard InChI is InChI=1S/C15H24N2O2/c1-4-13(10-16)15(18)17-8-7-12-5-6-14(19-3)11(2)9-12/h5-6,9,13H,4,7-8,10,16H2,1-3H3,(H,17,18). The summed E-state index contributed by atoms with van der Waals surface area (Å²) >= 11 is 0. The van der Waals surface area contributed by atoms with Crippen molar-refractivity contribution in [2.75, 3.05) is 20.2 Å². The van der Waals surface area contributed by atoms with Crippen LogP contribution in [0.15, 0.2) is 18.2 Å². The Bertz CT molecular complexity index is 415. The van der Waals surface area contributed by atoms with Gasteiger partial charge in [0.25, 0.3) is 0 Å². The Morgan fingerprint density at radius 2 is 2.21 bits per heavy atom. The second-order valence-electron chi connectivity index (χ2n) is 4.69. The molecule has 4 nitrogen and oxygen atoms in total. The van der Waals surface area contributed by atoms with Crippen molar-refractivity contribution in [1.29, 1.82) is 0 Å². The summed E-state index contributed by atoms with van der Waals surface area (Å²) in [5.41, 5.74) is 7.85. The van der Waals surface area contributed by atoms with Gasteiger partial charge >= 0.3 is 0 Å². The van der Waals surface area contributed by atoms with E-state index in [1.165, 1.54) is 5.56 Å². The molecule has 0 fully saturated rings. The molecule has 1 unspecified atom stereocenters. The molecular formula is C15H24N2O2. The average Bonchev–Trinajstić information content (AvgIpc) is 2.40. The molecule has 1 amide bonds. The molecule has 1 aromatic rings. The summed E-state index contributed by atoms with van der Waals surface area (Å²) in [6.07, 6.45) is 1.60. The Balaban J connectivity index is 2.45. The van der Waals surface area contributed by atoms with Crippen LogP contribution in [0.25, 0.3) is 0 Å². The summed E-state index contributed by atoms with van der Waals surface area (Å²) in [5.74, 6) is 0.870. The number of amides is 1. The van der Waals surface area contributed by atoms with Crippen molar-refractivity contribution in [1.82, 2.24) is 5.32 Å². The predicted molar refractivity (Wildman–Crippen MR) is 77.3 cm³/mol. The number of rotatable bonds is 7. The molecule has 1 aromatic carbocycles. The van der Waals surface area contributed by atoms with E-state index in [2.05, 4.69) is 11.4 Å². The predicted octanol–water partition coefficient (Wildman–Crippen LogP) is 1.65. The number of nitrogens with two attached hydrogens (primary N) is 1. The van der Waals surface area contributed by atoms with Crippen molar-refractivity contribution in [2.24, 2.45) is 11.7 Å². The molecule has 0 aromatic heterocycles. The van der Waals surface area contributed by atoms with Gasteiger partial charge < -0.3 is 15.8 Å². The first kappa shape index (κ1) is 15.5. The monoisotopic (exact) mass is 264 g/mol. The van der Waals surface area contributed by atoms with Crippen LogP contribution in [0.4, 0.5) is 0 Å². The van der Waals surface area contributed by atoms with Gasteiger partial charge in [-0.1, -0.05) is 19.1 Å². The second kappa shape index (κ2) is 7.79. The summed E-state index contributed by atoms with van der Waals surface area (Å²) in [6.45, 7) is 5.04. The fourth-order valence-corrected chi connectivity index (χ4v) is 2.03. The Kier molecular flexibility index (Phi) is 6.36. The minimum atomic E-state index is -0.0717. The van der Waals surface area contributed by atoms with Crippen molar-refractivity contribution in [3.63, 3.8) is 0 Å². The van der Waals surface area contributed by atoms with Crippen molar-refractivity contribution in [3.05, 3.63) is 29.3 Å². The van der Waals surface area contributed by atoms with Crippen LogP contribution in [0.3, 0.4) is 0 Å². The van der Waals surface area contributed by atoms with E-state index in [-0.39, 0.29) is 11.8 Å². The molecule has 0 radical (unpaired) electrons. The molecule has 19 heavy (non-hydrogen) atoms. The number of methoxy groups -OCH3 is 1. The maximum absolute atomic E-state index is 11.8. The summed E-state index contributed by atoms with van der Waals surface area (Å²) in [7, 11) is 1.67. The van der Waals surface area contributed by atoms with Crippen LogP contribution < -0.4 is 15.8 Å². The van der Waals surface area contributed by atoms with Crippen LogP contribution in [0.5, 0.6) is 5.75 Å². The van der Waals surface area contributed by atoms with Crippen LogP contribution in [-0.4, -0.2) is 26.1 Å². The minimum absolute atomic E-state index is 0.0511. The number of aryl methyl sites for hydroxylation is 1. The average molecular weight is 264 g/mol. The lowest BCUT2D eigenvalue weighted by molar-refractivity contribution is -0.124. The van der Waals surface area contributed by atoms with E-state index in [4.69, 9.17) is 10.5 Å². The number of carbonyl (C=O) groups is 1. The number of hydrogen-bond acceptors (Lipinski definition) is 3. The van der Waals surface area contributed by atoms with Crippen LogP contribution in [0, 0.1) is 12.8 Å². The molecular weight excluding hydrogens is 240 g/mol. The van der Waals surface area contributed by atoms with E-state index in [9.17, 15) is 4.79 Å². The quantitative estimate of drug-likeness (QED) is 0.787. The first-order valence-electron chi connectivity index (χ1n) is 6.73. The zero-order valence-corrected chi connectivity index (χ0v) is 12.0. The molecule has 0 aliphatic rings. The summed E-state index contributed by atoms with van der Waals surface area (Å²) in [4.78, 5) is 11.8. The fraction of sp³-hybridized carbons (Fsp3) is 0.533. The SMILES string of the molecule is CCC(CN)C(=O)NCCc1ccc(OC)c(C)c1. The van der Waals surface area contributed by atoms with Crippen LogP contribution in [0.2, 0.25) is 0 Å². The maximum atomic E-state index is 11.8. The Labute approximate surface area is 115 Å². The van der Waals surface area contributed by atoms with Gasteiger partial charge in [-0.15, -0.1) is 0 Å². The summed E-state index contributed by atoms with van der Waals surface area (Å²) < 4.78 is 5.22. The van der Waals surface area contributed by atoms with Gasteiger partial charge in [-0.05, 0) is 37.0 Å². The van der Waals surface area contributed by atoms with Crippen molar-refractivity contribution in [3.8, 4) is 5.75 Å². The third kappa shape index (κ3) is 4.56. The minimum Gasteiger partial charge on any atom is -0.496 e. The van der Waals surface area contributed by atoms with Gasteiger partial charge in [0.2, 0.25) is 5.91 Å². The molecule has 1 rings (SSSR count). The number of benzene rings is 1. The fourth-order valence-electron chi connectivity index (χ4n) is 2.03. The molecule has 0 aliphatic heterocycles. The molecule has 0 aliphatic carbocycles. The van der Waals surface area contributed by atoms with E-state index >= 15 is 0 Å². The van der Waals surface area contributed by atoms with Crippen LogP contribution in [-0.2, 0) is 11.2 Å². The highest BCUT2D eigenvalue weighted by Crippen LogP contribution is 2.18. The third-order valence-corrected chi connectivity index (χ3v) is 3.32. The molecule has 106 valence electrons. The molecule has 0 saturated carbocycles. The normalized spacial score (nSPS) is 12.0. The first-order valence-corrected chi connectivity index (χ1v) is 6.73. The highest BCUT2D eigenvalue weighted by molar-refractivity contribution is 5.78. The number of ether oxygens (including phenoxy) is 1. The van der Waals surface area contributed by atoms with E-state index in [0.717, 1.165) is 24.2 Å². The van der Waals surface area contributed by atoms with E-state index < -0.39 is 0 Å². The molecule has 0 heterocycles. The van der Waals surface area contributed by atoms with E-state index in [1.54, 1.807) is 7.11 Å². The second-order valence-corrected chi connectivity index (χ2v) is 4.69. The van der Waals surface area contributed by atoms with Crippen molar-refractivity contribution < 1.29 is 9.53 Å². The highest BCUT2D eigenvalue weighted by atomic mass is 16.5. The smallest absolute Gasteiger partial charge is 0.224 e. The topological polar surface area (TPSA) is 64.4 Å². The van der Waals surface area contributed by atoms with Gasteiger partial charge in [0, 0.05) is 19.0 Å². The van der Waals surface area contributed by atoms with E-state index in [0.29, 0.717) is 13.1 Å². The molecule has 1 atom stereocenters. The van der Waals surface area contributed by atoms with Gasteiger partial charge in [-0.3, -0.25) is 4.79 Å². The van der Waals surface area contributed by atoms with Crippen molar-refractivity contribution in [2.45, 2.75) is 26.7 Å². The van der Waals surface area contributed by atoms with Crippen LogP contribution >= 0.6 is 0 Å². The summed E-state index contributed by atoms with van der Waals surface area (Å²) in [6, 6.07) is 6.07. The van der Waals surface area contributed by atoms with Gasteiger partial charge in [-0.2, -0.15) is 0 Å². The zero-order valence-electron chi connectivity index (χ0n) is 12.0. The lowest BCUT2D eigenvalue weighted by Crippen LogP contribution is -2.35. The lowest BCUT2D eigenvalue weighted by atomic mass is 10.1. The van der Waals surface area contributed by atoms with Gasteiger partial charge in [0.1, 0.15) is 5.75 Å². The Morgan fingerprint density at radius 3 is 2.74 bits per heavy atom. The molecule has 3 N–H and O–H groups in total. The van der Waals surface area contributed by atoms with Gasteiger partial charge in [-0.25, -0.2) is 0 Å². The van der Waals surface area contributed by atoms with Crippen LogP contribution in [0.1, 0.15) is 24.5 Å². The number of nitrogens with one attached hydrogen (secondary N) is 1. The van der Waals surface area contributed by atoms with Crippen molar-refractivity contribution >= 4 is 5.91 Å². The summed E-state index contributed by atoms with van der Waals surface area (Å²) in [5, 5.41) is 2.93. The third-order valence-electron chi connectivity index (χ3n) is 3.32. The van der Waals surface area contributed by atoms with Gasteiger partial charge in [0.05, 0.1) is 7.11 Å². The molecule has 4 heteroatoms. The maximum Gasteiger partial charge on any atom is 0.224 e. The molecule has 0 spiro atoms. The molecule has 0 bridgehead atoms. The molecule has 0 saturated heterocycles. The Morgan fingerprint density at radius 1 is 1.47 bits per heavy atom. The lowest BCUT2D eigenvalue weighted by Gasteiger charge is -2.13. The first-order chi connectivity index (χ1) is 9.12. The van der Waals surface area contributed by atoms with E-state index in [1.807, 2.05) is 26.0 Å².